The quantitative estimate of drug-likeness (QED) is 0.865. The van der Waals surface area contributed by atoms with E-state index in [9.17, 15) is 0 Å². The molecule has 3 nitrogen and oxygen atoms in total. The van der Waals surface area contributed by atoms with Crippen LogP contribution in [0.5, 0.6) is 0 Å². The molecule has 0 aromatic carbocycles. The third kappa shape index (κ3) is 2.66. The predicted molar refractivity (Wildman–Crippen MR) is 87.3 cm³/mol. The van der Waals surface area contributed by atoms with Crippen LogP contribution in [0.4, 0.5) is 0 Å². The standard InChI is InChI=1S/C18H34N2O/c1-4-21-16-12-18(19,17(16,2)3)13-20-11-7-9-14-8-5-6-10-15(14)20/h14-16H,4-13,19H2,1-3H3. The van der Waals surface area contributed by atoms with Crippen LogP contribution in [0.2, 0.25) is 0 Å². The Balaban J connectivity index is 1.65. The van der Waals surface area contributed by atoms with Crippen molar-refractivity contribution in [2.75, 3.05) is 19.7 Å². The normalized spacial score (nSPS) is 43.1. The molecule has 1 heterocycles. The van der Waals surface area contributed by atoms with E-state index in [0.717, 1.165) is 31.5 Å². The molecule has 0 radical (unpaired) electrons. The largest absolute Gasteiger partial charge is 0.378 e. The molecule has 4 unspecified atom stereocenters. The highest BCUT2D eigenvalue weighted by atomic mass is 16.5. The van der Waals surface area contributed by atoms with Gasteiger partial charge >= 0.3 is 0 Å². The van der Waals surface area contributed by atoms with Crippen LogP contribution in [0, 0.1) is 11.3 Å². The number of hydrogen-bond donors (Lipinski definition) is 1. The summed E-state index contributed by atoms with van der Waals surface area (Å²) in [5.74, 6) is 0.946. The third-order valence-electron chi connectivity index (χ3n) is 6.85. The van der Waals surface area contributed by atoms with Gasteiger partial charge in [0.1, 0.15) is 0 Å². The van der Waals surface area contributed by atoms with Gasteiger partial charge in [-0.3, -0.25) is 4.90 Å². The average molecular weight is 294 g/mol. The summed E-state index contributed by atoms with van der Waals surface area (Å²) in [4.78, 5) is 2.75. The second kappa shape index (κ2) is 5.82. The van der Waals surface area contributed by atoms with Gasteiger partial charge in [0.15, 0.2) is 0 Å². The Morgan fingerprint density at radius 3 is 2.57 bits per heavy atom. The van der Waals surface area contributed by atoms with E-state index in [1.165, 1.54) is 45.1 Å². The molecule has 0 spiro atoms. The second-order valence-corrected chi connectivity index (χ2v) is 8.25. The van der Waals surface area contributed by atoms with Crippen molar-refractivity contribution in [2.45, 2.75) is 83.4 Å². The molecule has 0 amide bonds. The molecule has 0 aromatic heterocycles. The molecule has 122 valence electrons. The van der Waals surface area contributed by atoms with E-state index in [1.807, 2.05) is 0 Å². The van der Waals surface area contributed by atoms with Gasteiger partial charge in [-0.25, -0.2) is 0 Å². The first kappa shape index (κ1) is 15.8. The number of nitrogens with zero attached hydrogens (tertiary/aromatic N) is 1. The summed E-state index contributed by atoms with van der Waals surface area (Å²) < 4.78 is 5.89. The van der Waals surface area contributed by atoms with Crippen LogP contribution in [-0.4, -0.2) is 42.3 Å². The number of piperidine rings is 1. The highest BCUT2D eigenvalue weighted by Gasteiger charge is 2.59. The molecule has 4 atom stereocenters. The topological polar surface area (TPSA) is 38.5 Å². The SMILES string of the molecule is CCOC1CC(N)(CN2CCCC3CCCCC32)C1(C)C. The van der Waals surface area contributed by atoms with Crippen LogP contribution in [-0.2, 0) is 4.74 Å². The van der Waals surface area contributed by atoms with Crippen molar-refractivity contribution in [3.05, 3.63) is 0 Å². The summed E-state index contributed by atoms with van der Waals surface area (Å²) in [6.45, 7) is 9.83. The number of nitrogens with two attached hydrogens (primary N) is 1. The van der Waals surface area contributed by atoms with E-state index in [1.54, 1.807) is 0 Å². The highest BCUT2D eigenvalue weighted by Crippen LogP contribution is 2.51. The van der Waals surface area contributed by atoms with Crippen LogP contribution in [0.15, 0.2) is 0 Å². The highest BCUT2D eigenvalue weighted by molar-refractivity contribution is 5.15. The fourth-order valence-corrected chi connectivity index (χ4v) is 5.06. The van der Waals surface area contributed by atoms with Crippen LogP contribution >= 0.6 is 0 Å². The van der Waals surface area contributed by atoms with Gasteiger partial charge < -0.3 is 10.5 Å². The molecule has 3 heteroatoms. The Morgan fingerprint density at radius 2 is 1.86 bits per heavy atom. The van der Waals surface area contributed by atoms with Gasteiger partial charge in [-0.05, 0) is 51.5 Å². The second-order valence-electron chi connectivity index (χ2n) is 8.25. The first-order chi connectivity index (χ1) is 9.98. The lowest BCUT2D eigenvalue weighted by Crippen LogP contribution is -2.74. The van der Waals surface area contributed by atoms with E-state index in [0.29, 0.717) is 6.10 Å². The zero-order chi connectivity index (χ0) is 15.1. The predicted octanol–water partition coefficient (Wildman–Crippen LogP) is 3.17. The molecule has 0 aromatic rings. The lowest BCUT2D eigenvalue weighted by Gasteiger charge is -2.61. The monoisotopic (exact) mass is 294 g/mol. The molecule has 3 fully saturated rings. The lowest BCUT2D eigenvalue weighted by atomic mass is 9.54. The van der Waals surface area contributed by atoms with Gasteiger partial charge in [-0.1, -0.05) is 26.7 Å². The van der Waals surface area contributed by atoms with E-state index in [-0.39, 0.29) is 11.0 Å². The first-order valence-electron chi connectivity index (χ1n) is 9.12. The number of rotatable bonds is 4. The molecule has 1 saturated heterocycles. The minimum atomic E-state index is -0.0633. The third-order valence-corrected chi connectivity index (χ3v) is 6.85. The summed E-state index contributed by atoms with van der Waals surface area (Å²) in [7, 11) is 0. The average Bonchev–Trinajstić information content (AvgIpc) is 2.47. The Bertz CT molecular complexity index is 368. The van der Waals surface area contributed by atoms with Gasteiger partial charge in [-0.15, -0.1) is 0 Å². The Kier molecular flexibility index (Phi) is 4.37. The maximum atomic E-state index is 6.83. The molecule has 2 N–H and O–H groups in total. The summed E-state index contributed by atoms with van der Waals surface area (Å²) in [6.07, 6.45) is 9.90. The molecule has 3 rings (SSSR count). The van der Waals surface area contributed by atoms with E-state index in [2.05, 4.69) is 25.7 Å². The van der Waals surface area contributed by atoms with Crippen LogP contribution < -0.4 is 5.73 Å². The number of hydrogen-bond acceptors (Lipinski definition) is 3. The summed E-state index contributed by atoms with van der Waals surface area (Å²) >= 11 is 0. The van der Waals surface area contributed by atoms with Crippen LogP contribution in [0.1, 0.15) is 65.7 Å². The molecular weight excluding hydrogens is 260 g/mol. The van der Waals surface area contributed by atoms with E-state index >= 15 is 0 Å². The fourth-order valence-electron chi connectivity index (χ4n) is 5.06. The van der Waals surface area contributed by atoms with Gasteiger partial charge in [0.05, 0.1) is 6.10 Å². The van der Waals surface area contributed by atoms with Gasteiger partial charge in [0.2, 0.25) is 0 Å². The molecule has 3 aliphatic rings. The zero-order valence-corrected chi connectivity index (χ0v) is 14.2. The van der Waals surface area contributed by atoms with Crippen molar-refractivity contribution in [2.24, 2.45) is 17.1 Å². The summed E-state index contributed by atoms with van der Waals surface area (Å²) in [5.41, 5.74) is 6.87. The molecular formula is C18H34N2O. The lowest BCUT2D eigenvalue weighted by molar-refractivity contribution is -0.161. The van der Waals surface area contributed by atoms with Crippen LogP contribution in [0.3, 0.4) is 0 Å². The Morgan fingerprint density at radius 1 is 1.14 bits per heavy atom. The van der Waals surface area contributed by atoms with E-state index < -0.39 is 0 Å². The maximum absolute atomic E-state index is 6.83. The first-order valence-corrected chi connectivity index (χ1v) is 9.12. The minimum Gasteiger partial charge on any atom is -0.378 e. The maximum Gasteiger partial charge on any atom is 0.0662 e. The molecule has 0 bridgehead atoms. The molecule has 2 saturated carbocycles. The zero-order valence-electron chi connectivity index (χ0n) is 14.2. The summed E-state index contributed by atoms with van der Waals surface area (Å²) in [6, 6.07) is 0.815. The minimum absolute atomic E-state index is 0.0633. The Hall–Kier alpha value is -0.120. The van der Waals surface area contributed by atoms with Crippen molar-refractivity contribution in [1.29, 1.82) is 0 Å². The van der Waals surface area contributed by atoms with Crippen molar-refractivity contribution in [3.8, 4) is 0 Å². The summed E-state index contributed by atoms with van der Waals surface area (Å²) in [5, 5.41) is 0. The van der Waals surface area contributed by atoms with Crippen molar-refractivity contribution < 1.29 is 4.74 Å². The smallest absolute Gasteiger partial charge is 0.0662 e. The number of fused-ring (bicyclic) bond motifs is 1. The number of likely N-dealkylation sites (tertiary alicyclic amines) is 1. The fraction of sp³-hybridized carbons (Fsp3) is 1.00. The van der Waals surface area contributed by atoms with Crippen molar-refractivity contribution in [3.63, 3.8) is 0 Å². The molecule has 2 aliphatic carbocycles. The Labute approximate surface area is 130 Å². The van der Waals surface area contributed by atoms with Crippen LogP contribution in [0.25, 0.3) is 0 Å². The number of ether oxygens (including phenoxy) is 1. The molecule has 1 aliphatic heterocycles. The van der Waals surface area contributed by atoms with E-state index in [4.69, 9.17) is 10.5 Å². The molecule has 21 heavy (non-hydrogen) atoms. The van der Waals surface area contributed by atoms with Crippen molar-refractivity contribution in [1.82, 2.24) is 4.90 Å². The van der Waals surface area contributed by atoms with Gasteiger partial charge in [0, 0.05) is 30.1 Å². The van der Waals surface area contributed by atoms with Gasteiger partial charge in [-0.2, -0.15) is 0 Å². The van der Waals surface area contributed by atoms with Crippen molar-refractivity contribution >= 4 is 0 Å². The van der Waals surface area contributed by atoms with Gasteiger partial charge in [0.25, 0.3) is 0 Å².